The lowest BCUT2D eigenvalue weighted by Crippen LogP contribution is -2.12. The summed E-state index contributed by atoms with van der Waals surface area (Å²) in [5.74, 6) is 0.507. The molecule has 0 saturated heterocycles. The zero-order valence-corrected chi connectivity index (χ0v) is 20.2. The van der Waals surface area contributed by atoms with Crippen LogP contribution in [0.25, 0.3) is 0 Å². The monoisotopic (exact) mass is 542 g/mol. The third kappa shape index (κ3) is 6.13. The third-order valence-electron chi connectivity index (χ3n) is 4.51. The summed E-state index contributed by atoms with van der Waals surface area (Å²) in [6.07, 6.45) is 0. The molecule has 0 bridgehead atoms. The number of halogens is 3. The molecule has 0 heterocycles. The Balaban J connectivity index is 1.76. The first kappa shape index (κ1) is 24.3. The van der Waals surface area contributed by atoms with Gasteiger partial charge in [0.25, 0.3) is 0 Å². The Morgan fingerprint density at radius 1 is 1.09 bits per heavy atom. The first-order valence-corrected chi connectivity index (χ1v) is 12.3. The molecule has 6 nitrogen and oxygen atoms in total. The fourth-order valence-corrected chi connectivity index (χ4v) is 4.07. The summed E-state index contributed by atoms with van der Waals surface area (Å²) in [7, 11) is -3.74. The van der Waals surface area contributed by atoms with Crippen molar-refractivity contribution in [2.45, 2.75) is 25.0 Å². The molecule has 3 rings (SSSR count). The van der Waals surface area contributed by atoms with Gasteiger partial charge in [-0.25, -0.2) is 17.9 Å². The molecule has 0 saturated carbocycles. The van der Waals surface area contributed by atoms with E-state index >= 15 is 0 Å². The van der Waals surface area contributed by atoms with Crippen molar-refractivity contribution in [1.29, 1.82) is 0 Å². The number of nitrogens with two attached hydrogens (primary N) is 1. The van der Waals surface area contributed by atoms with Crippen molar-refractivity contribution in [2.75, 3.05) is 11.9 Å². The molecule has 170 valence electrons. The third-order valence-corrected chi connectivity index (χ3v) is 6.53. The quantitative estimate of drug-likeness (QED) is 0.373. The molecule has 0 aromatic heterocycles. The Morgan fingerprint density at radius 2 is 1.78 bits per heavy atom. The molecule has 3 aromatic rings. The van der Waals surface area contributed by atoms with Crippen LogP contribution in [0.5, 0.6) is 11.5 Å². The summed E-state index contributed by atoms with van der Waals surface area (Å²) < 4.78 is 49.1. The number of hydrogen-bond acceptors (Lipinski definition) is 5. The fourth-order valence-electron chi connectivity index (χ4n) is 2.87. The van der Waals surface area contributed by atoms with Crippen molar-refractivity contribution in [3.8, 4) is 11.5 Å². The van der Waals surface area contributed by atoms with Gasteiger partial charge in [-0.2, -0.15) is 0 Å². The summed E-state index contributed by atoms with van der Waals surface area (Å²) in [5, 5.41) is 8.62. The van der Waals surface area contributed by atoms with Gasteiger partial charge in [-0.1, -0.05) is 33.6 Å². The molecule has 3 aromatic carbocycles. The van der Waals surface area contributed by atoms with Crippen LogP contribution in [0.15, 0.2) is 64.0 Å². The highest BCUT2D eigenvalue weighted by molar-refractivity contribution is 9.10. The van der Waals surface area contributed by atoms with Gasteiger partial charge in [-0.05, 0) is 61.0 Å². The normalized spacial score (nSPS) is 11.3. The van der Waals surface area contributed by atoms with Crippen LogP contribution in [0.4, 0.5) is 10.1 Å². The fraction of sp³-hybridized carbons (Fsp3) is 0.182. The van der Waals surface area contributed by atoms with E-state index in [4.69, 9.17) is 26.2 Å². The summed E-state index contributed by atoms with van der Waals surface area (Å²) in [6, 6.07) is 14.2. The summed E-state index contributed by atoms with van der Waals surface area (Å²) in [4.78, 5) is 0.0410. The van der Waals surface area contributed by atoms with Gasteiger partial charge in [0.15, 0.2) is 11.5 Å². The average molecular weight is 544 g/mol. The number of sulfonamides is 1. The van der Waals surface area contributed by atoms with E-state index in [0.29, 0.717) is 24.7 Å². The average Bonchev–Trinajstić information content (AvgIpc) is 2.74. The van der Waals surface area contributed by atoms with E-state index in [1.54, 1.807) is 24.3 Å². The van der Waals surface area contributed by atoms with Crippen LogP contribution in [0.1, 0.15) is 18.1 Å². The Kier molecular flexibility index (Phi) is 8.00. The zero-order chi connectivity index (χ0) is 23.3. The summed E-state index contributed by atoms with van der Waals surface area (Å²) in [6.45, 7) is 2.64. The van der Waals surface area contributed by atoms with Crippen LogP contribution in [0, 0.1) is 5.82 Å². The van der Waals surface area contributed by atoms with Crippen LogP contribution >= 0.6 is 27.5 Å². The minimum Gasteiger partial charge on any atom is -0.490 e. The molecule has 0 spiro atoms. The van der Waals surface area contributed by atoms with Crippen molar-refractivity contribution < 1.29 is 22.3 Å². The molecule has 10 heteroatoms. The zero-order valence-electron chi connectivity index (χ0n) is 17.1. The molecule has 0 fully saturated rings. The van der Waals surface area contributed by atoms with Gasteiger partial charge in [0, 0.05) is 22.3 Å². The van der Waals surface area contributed by atoms with Gasteiger partial charge >= 0.3 is 0 Å². The highest BCUT2D eigenvalue weighted by atomic mass is 79.9. The molecule has 32 heavy (non-hydrogen) atoms. The topological polar surface area (TPSA) is 90.6 Å². The van der Waals surface area contributed by atoms with Gasteiger partial charge in [0.2, 0.25) is 10.0 Å². The predicted octanol–water partition coefficient (Wildman–Crippen LogP) is 5.48. The second-order valence-corrected chi connectivity index (χ2v) is 9.56. The first-order chi connectivity index (χ1) is 15.2. The van der Waals surface area contributed by atoms with Crippen molar-refractivity contribution in [1.82, 2.24) is 0 Å². The number of anilines is 1. The molecule has 0 aliphatic heterocycles. The molecule has 3 N–H and O–H groups in total. The minimum absolute atomic E-state index is 0.0410. The van der Waals surface area contributed by atoms with E-state index in [2.05, 4.69) is 21.2 Å². The smallest absolute Gasteiger partial charge is 0.238 e. The number of primary sulfonamides is 1. The van der Waals surface area contributed by atoms with Gasteiger partial charge in [0.1, 0.15) is 12.4 Å². The van der Waals surface area contributed by atoms with Crippen molar-refractivity contribution in [3.63, 3.8) is 0 Å². The highest BCUT2D eigenvalue weighted by Crippen LogP contribution is 2.35. The SMILES string of the molecule is CCOc1cc(CNc2ccc(S(N)(=O)=O)cc2)c(Br)cc1OCc1c(F)cccc1Cl. The van der Waals surface area contributed by atoms with E-state index < -0.39 is 15.8 Å². The summed E-state index contributed by atoms with van der Waals surface area (Å²) in [5.41, 5.74) is 1.86. The molecular weight excluding hydrogens is 523 g/mol. The van der Waals surface area contributed by atoms with Crippen molar-refractivity contribution >= 4 is 43.2 Å². The molecular formula is C22H21BrClFN2O4S. The van der Waals surface area contributed by atoms with Crippen LogP contribution < -0.4 is 19.9 Å². The number of nitrogens with one attached hydrogen (secondary N) is 1. The maximum atomic E-state index is 14.0. The number of hydrogen-bond donors (Lipinski definition) is 2. The Hall–Kier alpha value is -2.33. The number of ether oxygens (including phenoxy) is 2. The molecule has 0 unspecified atom stereocenters. The maximum Gasteiger partial charge on any atom is 0.238 e. The van der Waals surface area contributed by atoms with Crippen LogP contribution in [0.3, 0.4) is 0 Å². The van der Waals surface area contributed by atoms with Gasteiger partial charge < -0.3 is 14.8 Å². The van der Waals surface area contributed by atoms with Crippen molar-refractivity contribution in [2.24, 2.45) is 5.14 Å². The van der Waals surface area contributed by atoms with E-state index in [-0.39, 0.29) is 22.1 Å². The minimum atomic E-state index is -3.74. The predicted molar refractivity (Wildman–Crippen MR) is 126 cm³/mol. The van der Waals surface area contributed by atoms with Crippen LogP contribution in [0.2, 0.25) is 5.02 Å². The number of rotatable bonds is 9. The van der Waals surface area contributed by atoms with Crippen LogP contribution in [-0.2, 0) is 23.2 Å². The van der Waals surface area contributed by atoms with Crippen LogP contribution in [-0.4, -0.2) is 15.0 Å². The second-order valence-electron chi connectivity index (χ2n) is 6.74. The summed E-state index contributed by atoms with van der Waals surface area (Å²) >= 11 is 9.61. The largest absolute Gasteiger partial charge is 0.490 e. The maximum absolute atomic E-state index is 14.0. The second kappa shape index (κ2) is 10.5. The van der Waals surface area contributed by atoms with E-state index in [1.165, 1.54) is 24.3 Å². The lowest BCUT2D eigenvalue weighted by molar-refractivity contribution is 0.265. The number of benzene rings is 3. The van der Waals surface area contributed by atoms with E-state index in [9.17, 15) is 12.8 Å². The van der Waals surface area contributed by atoms with Gasteiger partial charge in [0.05, 0.1) is 16.5 Å². The standard InChI is InChI=1S/C22H21BrClFN2O4S/c1-2-30-21-10-14(12-27-15-6-8-16(9-7-15)32(26,28)29)18(23)11-22(21)31-13-17-19(24)4-3-5-20(17)25/h3-11,27H,2,12-13H2,1H3,(H2,26,28,29). The van der Waals surface area contributed by atoms with E-state index in [0.717, 1.165) is 15.7 Å². The van der Waals surface area contributed by atoms with E-state index in [1.807, 2.05) is 13.0 Å². The lowest BCUT2D eigenvalue weighted by Gasteiger charge is -2.16. The first-order valence-electron chi connectivity index (χ1n) is 9.56. The Morgan fingerprint density at radius 3 is 2.41 bits per heavy atom. The molecule has 0 amide bonds. The molecule has 0 aliphatic carbocycles. The Bertz CT molecular complexity index is 1190. The van der Waals surface area contributed by atoms with Crippen molar-refractivity contribution in [3.05, 3.63) is 81.0 Å². The lowest BCUT2D eigenvalue weighted by atomic mass is 10.2. The molecule has 0 radical (unpaired) electrons. The highest BCUT2D eigenvalue weighted by Gasteiger charge is 2.14. The van der Waals surface area contributed by atoms with Gasteiger partial charge in [-0.3, -0.25) is 0 Å². The van der Waals surface area contributed by atoms with Gasteiger partial charge in [-0.15, -0.1) is 0 Å². The molecule has 0 aliphatic rings. The Labute approximate surface area is 199 Å². The molecule has 0 atom stereocenters.